The molecule has 572 valence electrons. The molecule has 0 aromatic heterocycles. The molecule has 5 unspecified atom stereocenters. The maximum absolute atomic E-state index is 13.0. The smallest absolute Gasteiger partial charge is 0.463 e. The van der Waals surface area contributed by atoms with Crippen LogP contribution in [0.1, 0.15) is 265 Å². The Labute approximate surface area is 611 Å². The number of phosphoric acid groups is 2. The highest BCUT2D eigenvalue weighted by molar-refractivity contribution is 7.47. The molecule has 0 fully saturated rings. The van der Waals surface area contributed by atoms with Crippen molar-refractivity contribution in [2.24, 2.45) is 0 Å². The van der Waals surface area contributed by atoms with Gasteiger partial charge in [0.25, 0.3) is 0 Å². The number of esters is 3. The van der Waals surface area contributed by atoms with Crippen LogP contribution in [0, 0.1) is 0 Å². The van der Waals surface area contributed by atoms with Crippen molar-refractivity contribution in [2.75, 3.05) is 39.6 Å². The van der Waals surface area contributed by atoms with E-state index in [2.05, 4.69) is 203 Å². The topological polar surface area (TPSA) is 231 Å². The zero-order chi connectivity index (χ0) is 73.7. The first-order valence-corrected chi connectivity index (χ1v) is 41.1. The molecule has 0 aromatic rings. The van der Waals surface area contributed by atoms with Crippen molar-refractivity contribution in [1.29, 1.82) is 0 Å². The lowest BCUT2D eigenvalue weighted by atomic mass is 10.1. The molecule has 0 spiro atoms. The highest BCUT2D eigenvalue weighted by Gasteiger charge is 2.29. The number of hydrogen-bond acceptors (Lipinski definition) is 14. The Morgan fingerprint density at radius 1 is 0.277 bits per heavy atom. The van der Waals surface area contributed by atoms with Crippen LogP contribution in [-0.4, -0.2) is 95.9 Å². The summed E-state index contributed by atoms with van der Waals surface area (Å²) in [4.78, 5) is 58.7. The van der Waals surface area contributed by atoms with Gasteiger partial charge >= 0.3 is 33.6 Å². The van der Waals surface area contributed by atoms with E-state index in [1.165, 1.54) is 0 Å². The maximum atomic E-state index is 13.0. The third-order valence-electron chi connectivity index (χ3n) is 15.1. The van der Waals surface area contributed by atoms with E-state index in [9.17, 15) is 43.5 Å². The van der Waals surface area contributed by atoms with Crippen molar-refractivity contribution in [3.63, 3.8) is 0 Å². The number of hydrogen-bond donors (Lipinski definition) is 4. The second-order valence-electron chi connectivity index (χ2n) is 24.7. The molecule has 0 heterocycles. The van der Waals surface area contributed by atoms with E-state index in [0.717, 1.165) is 205 Å². The summed E-state index contributed by atoms with van der Waals surface area (Å²) in [6.07, 6.45) is 94.9. The van der Waals surface area contributed by atoms with E-state index in [-0.39, 0.29) is 19.3 Å². The quantitative estimate of drug-likeness (QED) is 0.0146. The number of rotatable bonds is 70. The first-order chi connectivity index (χ1) is 49.2. The fourth-order valence-corrected chi connectivity index (χ4v) is 11.0. The van der Waals surface area contributed by atoms with Gasteiger partial charge in [-0.3, -0.25) is 32.5 Å². The average molecular weight is 1450 g/mol. The fourth-order valence-electron chi connectivity index (χ4n) is 9.41. The molecule has 0 aromatic carbocycles. The molecule has 0 saturated carbocycles. The number of phosphoric ester groups is 2. The number of ether oxygens (including phenoxy) is 3. The Balaban J connectivity index is 4.77. The zero-order valence-electron chi connectivity index (χ0n) is 62.2. The minimum absolute atomic E-state index is 0.0696. The van der Waals surface area contributed by atoms with E-state index >= 15 is 0 Å². The third kappa shape index (κ3) is 75.6. The van der Waals surface area contributed by atoms with Crippen molar-refractivity contribution in [3.05, 3.63) is 182 Å². The van der Waals surface area contributed by atoms with Crippen LogP contribution in [0.15, 0.2) is 182 Å². The van der Waals surface area contributed by atoms with E-state index in [4.69, 9.17) is 32.3 Å². The number of aliphatic hydroxyl groups excluding tert-OH is 2. The number of carbonyl (C=O) groups excluding carboxylic acids is 3. The summed E-state index contributed by atoms with van der Waals surface area (Å²) in [6, 6.07) is 0. The van der Waals surface area contributed by atoms with Crippen LogP contribution in [-0.2, 0) is 55.8 Å². The van der Waals surface area contributed by atoms with Crippen molar-refractivity contribution in [1.82, 2.24) is 0 Å². The molecule has 0 saturated heterocycles. The van der Waals surface area contributed by atoms with Crippen LogP contribution in [0.5, 0.6) is 0 Å². The molecule has 0 aliphatic heterocycles. The van der Waals surface area contributed by atoms with Gasteiger partial charge in [0.05, 0.1) is 26.4 Å². The lowest BCUT2D eigenvalue weighted by Gasteiger charge is -2.21. The summed E-state index contributed by atoms with van der Waals surface area (Å²) in [6.45, 7) is 2.26. The van der Waals surface area contributed by atoms with Crippen molar-refractivity contribution >= 4 is 33.6 Å². The second kappa shape index (κ2) is 74.4. The molecule has 0 radical (unpaired) electrons. The van der Waals surface area contributed by atoms with Crippen LogP contribution < -0.4 is 0 Å². The molecular formula is C83H134O16P2. The molecule has 18 heteroatoms. The fraction of sp³-hybridized carbons (Fsp3) is 0.602. The van der Waals surface area contributed by atoms with Crippen molar-refractivity contribution in [3.8, 4) is 0 Å². The van der Waals surface area contributed by atoms with E-state index < -0.39 is 91.5 Å². The molecule has 0 amide bonds. The SMILES string of the molecule is CC/C=C\C/C=C\C/C=C\C/C=C\C/C=C\CCCCCCCCCC(=O)OCC(O)COP(=O)(O)OCC(O)COP(=O)(O)OCC(COC(=O)CCCCCCC/C=C\C/C=C\C/C=C\C/C=C\C/C=C\CC)OC(=O)CCCCCCC/C=C\C/C=C\C/C=C\C/C=C\C/C=C\CC. The van der Waals surface area contributed by atoms with E-state index in [1.54, 1.807) is 0 Å². The number of allylic oxidation sites excluding steroid dienone is 30. The predicted octanol–water partition coefficient (Wildman–Crippen LogP) is 22.2. The lowest BCUT2D eigenvalue weighted by molar-refractivity contribution is -0.161. The molecule has 101 heavy (non-hydrogen) atoms. The molecule has 0 aliphatic rings. The van der Waals surface area contributed by atoms with Gasteiger partial charge in [-0.1, -0.05) is 274 Å². The van der Waals surface area contributed by atoms with E-state index in [1.807, 2.05) is 0 Å². The average Bonchev–Trinajstić information content (AvgIpc) is 0.951. The van der Waals surface area contributed by atoms with Gasteiger partial charge in [0.2, 0.25) is 0 Å². The molecular weight excluding hydrogens is 1310 g/mol. The maximum Gasteiger partial charge on any atom is 0.472 e. The molecule has 0 bridgehead atoms. The van der Waals surface area contributed by atoms with Gasteiger partial charge in [0.15, 0.2) is 6.10 Å². The van der Waals surface area contributed by atoms with Gasteiger partial charge in [-0.15, -0.1) is 0 Å². The lowest BCUT2D eigenvalue weighted by Crippen LogP contribution is -2.30. The van der Waals surface area contributed by atoms with Gasteiger partial charge in [-0.05, 0) is 154 Å². The minimum Gasteiger partial charge on any atom is -0.463 e. The van der Waals surface area contributed by atoms with Crippen LogP contribution in [0.3, 0.4) is 0 Å². The van der Waals surface area contributed by atoms with Crippen molar-refractivity contribution in [2.45, 2.75) is 283 Å². The highest BCUT2D eigenvalue weighted by atomic mass is 31.2. The first-order valence-electron chi connectivity index (χ1n) is 38.1. The van der Waals surface area contributed by atoms with Gasteiger partial charge in [-0.2, -0.15) is 0 Å². The van der Waals surface area contributed by atoms with Crippen LogP contribution in [0.2, 0.25) is 0 Å². The summed E-state index contributed by atoms with van der Waals surface area (Å²) in [5.74, 6) is -1.64. The summed E-state index contributed by atoms with van der Waals surface area (Å²) in [5.41, 5.74) is 0. The summed E-state index contributed by atoms with van der Waals surface area (Å²) in [5, 5.41) is 20.6. The van der Waals surface area contributed by atoms with Gasteiger partial charge in [0.1, 0.15) is 25.4 Å². The molecule has 16 nitrogen and oxygen atoms in total. The molecule has 5 atom stereocenters. The molecule has 0 aliphatic carbocycles. The normalized spacial score (nSPS) is 15.0. The Morgan fingerprint density at radius 3 is 0.782 bits per heavy atom. The summed E-state index contributed by atoms with van der Waals surface area (Å²) < 4.78 is 61.1. The highest BCUT2D eigenvalue weighted by Crippen LogP contribution is 2.45. The van der Waals surface area contributed by atoms with Gasteiger partial charge < -0.3 is 34.2 Å². The predicted molar refractivity (Wildman–Crippen MR) is 417 cm³/mol. The van der Waals surface area contributed by atoms with Crippen LogP contribution in [0.25, 0.3) is 0 Å². The number of carbonyl (C=O) groups is 3. The summed E-state index contributed by atoms with van der Waals surface area (Å²) in [7, 11) is -9.82. The van der Waals surface area contributed by atoms with Crippen molar-refractivity contribution < 1.29 is 75.8 Å². The number of aliphatic hydroxyl groups is 2. The van der Waals surface area contributed by atoms with Gasteiger partial charge in [-0.25, -0.2) is 9.13 Å². The number of unbranched alkanes of at least 4 members (excludes halogenated alkanes) is 17. The van der Waals surface area contributed by atoms with E-state index in [0.29, 0.717) is 19.3 Å². The standard InChI is InChI=1S/C83H134O16P2/c1-4-7-10-13-16-19-22-25-28-31-34-37-38-41-43-45-48-51-54-57-60-63-66-69-81(86)93-72-78(84)73-95-100(89,90)96-74-79(85)75-97-101(91,92)98-77-80(99-83(88)71-68-65-62-59-56-53-50-47-44-40-36-33-30-27-24-21-18-15-12-9-6-3)76-94-82(87)70-67-64-61-58-55-52-49-46-42-39-35-32-29-26-23-20-17-14-11-8-5-2/h7-12,16-21,25-30,34-37,39-41,43,46-47,49-50,78-80,84-85H,4-6,13-15,22-24,31-33,38,42,44-45,48,51-77H2,1-3H3,(H,89,90)(H,91,92)/b10-7-,11-8-,12-9-,19-16-,20-17-,21-18-,28-25-,29-26-,30-27-,37-34-,39-35-,40-36-,43-41-,49-46-,50-47-. The minimum atomic E-state index is -4.95. The Bertz CT molecular complexity index is 2570. The third-order valence-corrected chi connectivity index (χ3v) is 17.0. The second-order valence-corrected chi connectivity index (χ2v) is 27.6. The Kier molecular flexibility index (Phi) is 70.4. The Hall–Kier alpha value is -5.35. The molecule has 4 N–H and O–H groups in total. The monoisotopic (exact) mass is 1450 g/mol. The van der Waals surface area contributed by atoms with Gasteiger partial charge in [0, 0.05) is 19.3 Å². The first kappa shape index (κ1) is 95.6. The zero-order valence-corrected chi connectivity index (χ0v) is 64.0. The molecule has 0 rings (SSSR count). The van der Waals surface area contributed by atoms with Crippen LogP contribution in [0.4, 0.5) is 0 Å². The van der Waals surface area contributed by atoms with Crippen LogP contribution >= 0.6 is 15.6 Å². The largest absolute Gasteiger partial charge is 0.472 e. The summed E-state index contributed by atoms with van der Waals surface area (Å²) >= 11 is 0. The Morgan fingerprint density at radius 2 is 0.495 bits per heavy atom.